The fourth-order valence-corrected chi connectivity index (χ4v) is 4.18. The number of rotatable bonds is 5. The third kappa shape index (κ3) is 4.30. The van der Waals surface area contributed by atoms with E-state index in [2.05, 4.69) is 25.3 Å². The lowest BCUT2D eigenvalue weighted by atomic mass is 10.1. The Hall–Kier alpha value is -2.69. The van der Waals surface area contributed by atoms with Crippen molar-refractivity contribution in [1.29, 1.82) is 0 Å². The van der Waals surface area contributed by atoms with Crippen LogP contribution in [0, 0.1) is 11.6 Å². The molecule has 3 aromatic rings. The zero-order valence-corrected chi connectivity index (χ0v) is 18.0. The lowest BCUT2D eigenvalue weighted by Crippen LogP contribution is -2.35. The molecule has 4 heterocycles. The first kappa shape index (κ1) is 21.2. The summed E-state index contributed by atoms with van der Waals surface area (Å²) in [6.45, 7) is 4.29. The molecular formula is C21H21ClF2N6O2. The molecule has 0 bridgehead atoms. The van der Waals surface area contributed by atoms with E-state index >= 15 is 0 Å². The summed E-state index contributed by atoms with van der Waals surface area (Å²) in [5.74, 6) is -0.432. The Kier molecular flexibility index (Phi) is 5.99. The van der Waals surface area contributed by atoms with Crippen LogP contribution < -0.4 is 4.90 Å². The molecule has 0 spiro atoms. The quantitative estimate of drug-likeness (QED) is 0.535. The van der Waals surface area contributed by atoms with Crippen LogP contribution in [-0.2, 0) is 24.2 Å². The van der Waals surface area contributed by atoms with Crippen molar-refractivity contribution in [1.82, 2.24) is 25.3 Å². The molecule has 0 radical (unpaired) electrons. The van der Waals surface area contributed by atoms with Gasteiger partial charge in [0, 0.05) is 31.7 Å². The van der Waals surface area contributed by atoms with E-state index < -0.39 is 11.6 Å². The Bertz CT molecular complexity index is 1120. The molecule has 0 amide bonds. The average Bonchev–Trinajstić information content (AvgIpc) is 3.28. The zero-order chi connectivity index (χ0) is 22.1. The van der Waals surface area contributed by atoms with Crippen LogP contribution in [0.5, 0.6) is 0 Å². The summed E-state index contributed by atoms with van der Waals surface area (Å²) in [6.07, 6.45) is 1.56. The van der Waals surface area contributed by atoms with Gasteiger partial charge in [0.1, 0.15) is 11.6 Å². The Balaban J connectivity index is 1.39. The standard InChI is InChI=1S/C21H21ClF2N6O2/c22-20-13(14(23)3-4-15(20)24)11-30-5-1-2-16-18(30)10-17(26-25-16)21-28-27-19(32-21)12-29-6-8-31-9-7-29/h3-4,10H,1-2,5-9,11-12H2. The smallest absolute Gasteiger partial charge is 0.268 e. The van der Waals surface area contributed by atoms with E-state index in [1.165, 1.54) is 0 Å². The molecule has 0 aliphatic carbocycles. The number of halogens is 3. The van der Waals surface area contributed by atoms with Crippen LogP contribution in [0.1, 0.15) is 23.6 Å². The van der Waals surface area contributed by atoms with E-state index in [1.54, 1.807) is 6.07 Å². The van der Waals surface area contributed by atoms with Crippen LogP contribution >= 0.6 is 11.6 Å². The van der Waals surface area contributed by atoms with Crippen molar-refractivity contribution in [3.8, 4) is 11.6 Å². The number of ether oxygens (including phenoxy) is 1. The van der Waals surface area contributed by atoms with Gasteiger partial charge in [-0.1, -0.05) is 11.6 Å². The lowest BCUT2D eigenvalue weighted by molar-refractivity contribution is 0.0306. The highest BCUT2D eigenvalue weighted by Crippen LogP contribution is 2.32. The normalized spacial score (nSPS) is 16.9. The van der Waals surface area contributed by atoms with Crippen LogP contribution in [0.15, 0.2) is 22.6 Å². The first-order chi connectivity index (χ1) is 15.6. The van der Waals surface area contributed by atoms with Gasteiger partial charge in [0.2, 0.25) is 5.89 Å². The van der Waals surface area contributed by atoms with Crippen LogP contribution in [0.4, 0.5) is 14.5 Å². The maximum absolute atomic E-state index is 14.4. The molecule has 8 nitrogen and oxygen atoms in total. The van der Waals surface area contributed by atoms with Gasteiger partial charge in [0.05, 0.1) is 36.2 Å². The molecule has 5 rings (SSSR count). The molecule has 0 atom stereocenters. The summed E-state index contributed by atoms with van der Waals surface area (Å²) in [5.41, 5.74) is 2.10. The minimum atomic E-state index is -0.646. The lowest BCUT2D eigenvalue weighted by Gasteiger charge is -2.30. The maximum atomic E-state index is 14.4. The molecule has 1 saturated heterocycles. The second-order valence-electron chi connectivity index (χ2n) is 7.80. The van der Waals surface area contributed by atoms with Crippen molar-refractivity contribution in [3.63, 3.8) is 0 Å². The maximum Gasteiger partial charge on any atom is 0.268 e. The number of hydrogen-bond acceptors (Lipinski definition) is 8. The molecule has 1 fully saturated rings. The van der Waals surface area contributed by atoms with Crippen molar-refractivity contribution in [2.24, 2.45) is 0 Å². The first-order valence-corrected chi connectivity index (χ1v) is 10.8. The average molecular weight is 463 g/mol. The summed E-state index contributed by atoms with van der Waals surface area (Å²) in [6, 6.07) is 3.92. The molecule has 2 aromatic heterocycles. The number of morpholine rings is 1. The number of aromatic nitrogens is 4. The summed E-state index contributed by atoms with van der Waals surface area (Å²) < 4.78 is 39.4. The van der Waals surface area contributed by atoms with Gasteiger partial charge in [-0.2, -0.15) is 5.10 Å². The molecule has 0 unspecified atom stereocenters. The van der Waals surface area contributed by atoms with Crippen molar-refractivity contribution >= 4 is 17.3 Å². The third-order valence-electron chi connectivity index (χ3n) is 5.67. The van der Waals surface area contributed by atoms with Gasteiger partial charge in [-0.05, 0) is 31.0 Å². The molecule has 11 heteroatoms. The second kappa shape index (κ2) is 9.05. The van der Waals surface area contributed by atoms with Crippen molar-refractivity contribution < 1.29 is 17.9 Å². The van der Waals surface area contributed by atoms with Crippen molar-refractivity contribution in [2.45, 2.75) is 25.9 Å². The van der Waals surface area contributed by atoms with E-state index in [1.807, 2.05) is 4.90 Å². The summed E-state index contributed by atoms with van der Waals surface area (Å²) in [7, 11) is 0. The summed E-state index contributed by atoms with van der Waals surface area (Å²) in [5, 5.41) is 16.6. The third-order valence-corrected chi connectivity index (χ3v) is 6.07. The van der Waals surface area contributed by atoms with E-state index in [-0.39, 0.29) is 23.0 Å². The van der Waals surface area contributed by atoms with Gasteiger partial charge in [0.15, 0.2) is 5.69 Å². The predicted molar refractivity (Wildman–Crippen MR) is 112 cm³/mol. The number of benzene rings is 1. The van der Waals surface area contributed by atoms with Crippen LogP contribution in [0.3, 0.4) is 0 Å². The fraction of sp³-hybridized carbons (Fsp3) is 0.429. The highest BCUT2D eigenvalue weighted by molar-refractivity contribution is 6.31. The molecule has 2 aliphatic heterocycles. The van der Waals surface area contributed by atoms with Gasteiger partial charge < -0.3 is 14.1 Å². The van der Waals surface area contributed by atoms with Gasteiger partial charge in [-0.3, -0.25) is 4.90 Å². The van der Waals surface area contributed by atoms with Crippen molar-refractivity contribution in [3.05, 3.63) is 52.0 Å². The van der Waals surface area contributed by atoms with Gasteiger partial charge in [0.25, 0.3) is 5.89 Å². The first-order valence-electron chi connectivity index (χ1n) is 10.5. The number of hydrogen-bond donors (Lipinski definition) is 0. The number of anilines is 1. The molecule has 32 heavy (non-hydrogen) atoms. The minimum Gasteiger partial charge on any atom is -0.418 e. The monoisotopic (exact) mass is 462 g/mol. The highest BCUT2D eigenvalue weighted by Gasteiger charge is 2.24. The number of fused-ring (bicyclic) bond motifs is 1. The number of aryl methyl sites for hydroxylation is 1. The fourth-order valence-electron chi connectivity index (χ4n) is 3.96. The molecular weight excluding hydrogens is 442 g/mol. The molecule has 0 N–H and O–H groups in total. The van der Waals surface area contributed by atoms with Crippen LogP contribution in [0.2, 0.25) is 5.02 Å². The topological polar surface area (TPSA) is 80.4 Å². The largest absolute Gasteiger partial charge is 0.418 e. The van der Waals surface area contributed by atoms with E-state index in [4.69, 9.17) is 20.8 Å². The molecule has 0 saturated carbocycles. The Morgan fingerprint density at radius 3 is 2.62 bits per heavy atom. The van der Waals surface area contributed by atoms with Crippen molar-refractivity contribution in [2.75, 3.05) is 37.7 Å². The summed E-state index contributed by atoms with van der Waals surface area (Å²) in [4.78, 5) is 4.10. The SMILES string of the molecule is Fc1ccc(F)c(CN2CCCc3nnc(-c4nnc(CN5CCOCC5)o4)cc32)c1Cl. The van der Waals surface area contributed by atoms with Gasteiger partial charge >= 0.3 is 0 Å². The van der Waals surface area contributed by atoms with Gasteiger partial charge in [-0.15, -0.1) is 15.3 Å². The van der Waals surface area contributed by atoms with Crippen LogP contribution in [0.25, 0.3) is 11.6 Å². The van der Waals surface area contributed by atoms with E-state index in [9.17, 15) is 8.78 Å². The minimum absolute atomic E-state index is 0.114. The Labute approximate surface area is 188 Å². The highest BCUT2D eigenvalue weighted by atomic mass is 35.5. The molecule has 168 valence electrons. The Morgan fingerprint density at radius 2 is 1.78 bits per heavy atom. The second-order valence-corrected chi connectivity index (χ2v) is 8.18. The molecule has 2 aliphatic rings. The van der Waals surface area contributed by atoms with Gasteiger partial charge in [-0.25, -0.2) is 8.78 Å². The van der Waals surface area contributed by atoms with E-state index in [0.717, 1.165) is 49.4 Å². The summed E-state index contributed by atoms with van der Waals surface area (Å²) >= 11 is 6.04. The molecule has 1 aromatic carbocycles. The predicted octanol–water partition coefficient (Wildman–Crippen LogP) is 3.24. The Morgan fingerprint density at radius 1 is 0.969 bits per heavy atom. The van der Waals surface area contributed by atoms with Crippen LogP contribution in [-0.4, -0.2) is 58.1 Å². The zero-order valence-electron chi connectivity index (χ0n) is 17.2. The number of nitrogens with zero attached hydrogens (tertiary/aromatic N) is 6. The van der Waals surface area contributed by atoms with E-state index in [0.29, 0.717) is 37.9 Å².